The van der Waals surface area contributed by atoms with E-state index in [4.69, 9.17) is 5.26 Å². The van der Waals surface area contributed by atoms with Crippen molar-refractivity contribution < 1.29 is 0 Å². The molecule has 0 aliphatic carbocycles. The van der Waals surface area contributed by atoms with Crippen LogP contribution in [0.3, 0.4) is 0 Å². The number of imidazole rings is 1. The predicted molar refractivity (Wildman–Crippen MR) is 99.6 cm³/mol. The van der Waals surface area contributed by atoms with E-state index in [0.29, 0.717) is 5.56 Å². The Labute approximate surface area is 150 Å². The number of anilines is 1. The zero-order valence-electron chi connectivity index (χ0n) is 14.0. The van der Waals surface area contributed by atoms with Gasteiger partial charge in [-0.25, -0.2) is 9.50 Å². The van der Waals surface area contributed by atoms with Crippen LogP contribution in [0.25, 0.3) is 16.9 Å². The highest BCUT2D eigenvalue weighted by Gasteiger charge is 2.08. The van der Waals surface area contributed by atoms with E-state index in [9.17, 15) is 0 Å². The van der Waals surface area contributed by atoms with Crippen molar-refractivity contribution in [2.24, 2.45) is 0 Å². The molecular weight excluding hydrogens is 324 g/mol. The minimum Gasteiger partial charge on any atom is -0.368 e. The van der Waals surface area contributed by atoms with E-state index in [1.807, 2.05) is 48.5 Å². The molecule has 3 heterocycles. The van der Waals surface area contributed by atoms with E-state index in [-0.39, 0.29) is 0 Å². The van der Waals surface area contributed by atoms with Gasteiger partial charge in [0.2, 0.25) is 0 Å². The second-order valence-corrected chi connectivity index (χ2v) is 5.82. The summed E-state index contributed by atoms with van der Waals surface area (Å²) in [6, 6.07) is 19.3. The Morgan fingerprint density at radius 2 is 2.00 bits per heavy atom. The third-order valence-electron chi connectivity index (χ3n) is 4.06. The number of nitriles is 1. The Morgan fingerprint density at radius 3 is 2.85 bits per heavy atom. The predicted octanol–water partition coefficient (Wildman–Crippen LogP) is 3.32. The van der Waals surface area contributed by atoms with Gasteiger partial charge in [-0.2, -0.15) is 5.26 Å². The zero-order valence-corrected chi connectivity index (χ0v) is 14.0. The number of hydrogen-bond acceptors (Lipinski definition) is 5. The van der Waals surface area contributed by atoms with Crippen molar-refractivity contribution in [2.75, 3.05) is 11.9 Å². The third kappa shape index (κ3) is 3.23. The quantitative estimate of drug-likeness (QED) is 0.603. The number of pyridine rings is 1. The molecule has 0 fully saturated rings. The second-order valence-electron chi connectivity index (χ2n) is 5.82. The molecule has 26 heavy (non-hydrogen) atoms. The molecule has 0 aliphatic rings. The minimum absolute atomic E-state index is 0.613. The lowest BCUT2D eigenvalue weighted by Gasteiger charge is -2.07. The van der Waals surface area contributed by atoms with Gasteiger partial charge < -0.3 is 5.32 Å². The molecule has 0 amide bonds. The average Bonchev–Trinajstić information content (AvgIpc) is 3.12. The molecule has 4 aromatic rings. The topological polar surface area (TPSA) is 78.9 Å². The monoisotopic (exact) mass is 340 g/mol. The maximum Gasteiger partial charge on any atom is 0.154 e. The molecule has 0 atom stereocenters. The molecule has 0 aliphatic heterocycles. The highest BCUT2D eigenvalue weighted by atomic mass is 15.3. The zero-order chi connectivity index (χ0) is 17.8. The van der Waals surface area contributed by atoms with E-state index in [2.05, 4.69) is 26.5 Å². The first-order valence-electron chi connectivity index (χ1n) is 8.32. The Balaban J connectivity index is 1.57. The maximum absolute atomic E-state index is 9.10. The second kappa shape index (κ2) is 7.03. The van der Waals surface area contributed by atoms with Gasteiger partial charge in [0.05, 0.1) is 23.5 Å². The van der Waals surface area contributed by atoms with Crippen LogP contribution >= 0.6 is 0 Å². The lowest BCUT2D eigenvalue weighted by molar-refractivity contribution is 0.907. The first-order chi connectivity index (χ1) is 12.8. The van der Waals surface area contributed by atoms with Gasteiger partial charge in [0.25, 0.3) is 0 Å². The summed E-state index contributed by atoms with van der Waals surface area (Å²) in [6.07, 6.45) is 4.39. The van der Waals surface area contributed by atoms with Crippen LogP contribution in [-0.2, 0) is 6.42 Å². The van der Waals surface area contributed by atoms with Crippen molar-refractivity contribution in [2.45, 2.75) is 6.42 Å². The molecule has 0 saturated heterocycles. The number of fused-ring (bicyclic) bond motifs is 1. The molecule has 0 saturated carbocycles. The average molecular weight is 340 g/mol. The molecule has 6 heteroatoms. The fourth-order valence-electron chi connectivity index (χ4n) is 2.78. The molecule has 126 valence electrons. The number of rotatable bonds is 5. The Kier molecular flexibility index (Phi) is 4.27. The number of aromatic nitrogens is 4. The molecule has 4 rings (SSSR count). The van der Waals surface area contributed by atoms with E-state index in [0.717, 1.165) is 41.4 Å². The Bertz CT molecular complexity index is 1080. The molecule has 6 nitrogen and oxygen atoms in total. The standard InChI is InChI=1S/C20H16N6/c21-13-15-4-3-5-16(12-15)18-14-24-20-8-7-19(25-26(18)20)23-11-9-17-6-1-2-10-22-17/h1-8,10,12,14H,9,11H2,(H,23,25). The maximum atomic E-state index is 9.10. The molecule has 0 bridgehead atoms. The SMILES string of the molecule is N#Cc1cccc(-c2cnc3ccc(NCCc4ccccn4)nn23)c1. The lowest BCUT2D eigenvalue weighted by atomic mass is 10.1. The number of benzene rings is 1. The van der Waals surface area contributed by atoms with E-state index in [1.54, 1.807) is 23.0 Å². The molecule has 0 spiro atoms. The van der Waals surface area contributed by atoms with Gasteiger partial charge in [0, 0.05) is 30.4 Å². The molecule has 3 aromatic heterocycles. The fraction of sp³-hybridized carbons (Fsp3) is 0.100. The van der Waals surface area contributed by atoms with E-state index >= 15 is 0 Å². The Morgan fingerprint density at radius 1 is 1.04 bits per heavy atom. The van der Waals surface area contributed by atoms with Crippen LogP contribution in [0.2, 0.25) is 0 Å². The van der Waals surface area contributed by atoms with Gasteiger partial charge in [0.15, 0.2) is 5.65 Å². The number of nitrogens with zero attached hydrogens (tertiary/aromatic N) is 5. The van der Waals surface area contributed by atoms with Gasteiger partial charge in [-0.3, -0.25) is 4.98 Å². The summed E-state index contributed by atoms with van der Waals surface area (Å²) in [5.41, 5.74) is 4.18. The van der Waals surface area contributed by atoms with Crippen LogP contribution in [0.15, 0.2) is 67.0 Å². The van der Waals surface area contributed by atoms with Gasteiger partial charge in [-0.1, -0.05) is 18.2 Å². The molecule has 1 aromatic carbocycles. The molecular formula is C20H16N6. The normalized spacial score (nSPS) is 10.6. The molecule has 1 N–H and O–H groups in total. The molecule has 0 radical (unpaired) electrons. The van der Waals surface area contributed by atoms with E-state index in [1.165, 1.54) is 0 Å². The van der Waals surface area contributed by atoms with Crippen molar-refractivity contribution in [1.29, 1.82) is 5.26 Å². The Hall–Kier alpha value is -3.72. The van der Waals surface area contributed by atoms with Crippen LogP contribution in [0.4, 0.5) is 5.82 Å². The number of nitrogens with one attached hydrogen (secondary N) is 1. The van der Waals surface area contributed by atoms with Gasteiger partial charge in [-0.05, 0) is 36.4 Å². The first kappa shape index (κ1) is 15.8. The van der Waals surface area contributed by atoms with Crippen LogP contribution in [0.5, 0.6) is 0 Å². The summed E-state index contributed by atoms with van der Waals surface area (Å²) in [6.45, 7) is 0.740. The fourth-order valence-corrected chi connectivity index (χ4v) is 2.78. The summed E-state index contributed by atoms with van der Waals surface area (Å²) in [5.74, 6) is 0.768. The van der Waals surface area contributed by atoms with Crippen molar-refractivity contribution >= 4 is 11.5 Å². The number of hydrogen-bond donors (Lipinski definition) is 1. The largest absolute Gasteiger partial charge is 0.368 e. The van der Waals surface area contributed by atoms with Crippen LogP contribution < -0.4 is 5.32 Å². The summed E-state index contributed by atoms with van der Waals surface area (Å²) in [4.78, 5) is 8.72. The van der Waals surface area contributed by atoms with Gasteiger partial charge in [-0.15, -0.1) is 5.10 Å². The highest BCUT2D eigenvalue weighted by Crippen LogP contribution is 2.21. The van der Waals surface area contributed by atoms with Crippen LogP contribution in [0, 0.1) is 11.3 Å². The van der Waals surface area contributed by atoms with Gasteiger partial charge >= 0.3 is 0 Å². The van der Waals surface area contributed by atoms with Crippen LogP contribution in [0.1, 0.15) is 11.3 Å². The summed E-state index contributed by atoms with van der Waals surface area (Å²) < 4.78 is 1.79. The van der Waals surface area contributed by atoms with Gasteiger partial charge in [0.1, 0.15) is 5.82 Å². The first-order valence-corrected chi connectivity index (χ1v) is 8.32. The summed E-state index contributed by atoms with van der Waals surface area (Å²) in [7, 11) is 0. The van der Waals surface area contributed by atoms with E-state index < -0.39 is 0 Å². The lowest BCUT2D eigenvalue weighted by Crippen LogP contribution is -2.09. The third-order valence-corrected chi connectivity index (χ3v) is 4.06. The van der Waals surface area contributed by atoms with Crippen molar-refractivity contribution in [3.05, 3.63) is 78.2 Å². The van der Waals surface area contributed by atoms with Crippen LogP contribution in [-0.4, -0.2) is 26.1 Å². The molecule has 0 unspecified atom stereocenters. The van der Waals surface area contributed by atoms with Crippen molar-refractivity contribution in [3.63, 3.8) is 0 Å². The summed E-state index contributed by atoms with van der Waals surface area (Å²) in [5, 5.41) is 17.1. The van der Waals surface area contributed by atoms with Crippen molar-refractivity contribution in [1.82, 2.24) is 19.6 Å². The minimum atomic E-state index is 0.613. The summed E-state index contributed by atoms with van der Waals surface area (Å²) >= 11 is 0. The smallest absolute Gasteiger partial charge is 0.154 e. The van der Waals surface area contributed by atoms with Crippen molar-refractivity contribution in [3.8, 4) is 17.3 Å². The highest BCUT2D eigenvalue weighted by molar-refractivity contribution is 5.65.